The molecule has 32 heavy (non-hydrogen) atoms. The molecule has 0 aliphatic carbocycles. The van der Waals surface area contributed by atoms with Gasteiger partial charge in [-0.2, -0.15) is 11.8 Å². The van der Waals surface area contributed by atoms with E-state index in [1.165, 1.54) is 25.6 Å². The lowest BCUT2D eigenvalue weighted by Crippen LogP contribution is -2.59. The number of amides is 3. The molecule has 0 rings (SSSR count). The van der Waals surface area contributed by atoms with E-state index >= 15 is 0 Å². The first kappa shape index (κ1) is 29.4. The molecule has 0 aromatic heterocycles. The lowest BCUT2D eigenvalue weighted by Gasteiger charge is -2.26. The van der Waals surface area contributed by atoms with E-state index in [1.54, 1.807) is 0 Å². The molecule has 0 aromatic carbocycles. The molecule has 14 heteroatoms. The van der Waals surface area contributed by atoms with Crippen molar-refractivity contribution in [3.63, 3.8) is 0 Å². The van der Waals surface area contributed by atoms with Crippen LogP contribution in [0.2, 0.25) is 0 Å². The van der Waals surface area contributed by atoms with Crippen molar-refractivity contribution in [1.29, 1.82) is 0 Å². The average molecular weight is 478 g/mol. The Labute approximate surface area is 191 Å². The van der Waals surface area contributed by atoms with Crippen molar-refractivity contribution < 1.29 is 29.4 Å². The summed E-state index contributed by atoms with van der Waals surface area (Å²) in [7, 11) is 0. The summed E-state index contributed by atoms with van der Waals surface area (Å²) in [5.41, 5.74) is 16.3. The zero-order valence-corrected chi connectivity index (χ0v) is 19.4. The fourth-order valence-corrected chi connectivity index (χ4v) is 2.93. The number of aliphatic hydroxyl groups is 1. The molecule has 13 nitrogen and oxygen atoms in total. The van der Waals surface area contributed by atoms with Crippen molar-refractivity contribution >= 4 is 41.4 Å². The van der Waals surface area contributed by atoms with Crippen LogP contribution in [-0.4, -0.2) is 88.7 Å². The number of thioether (sulfide) groups is 1. The second-order valence-corrected chi connectivity index (χ2v) is 8.18. The quantitative estimate of drug-likeness (QED) is 0.0678. The number of carbonyl (C=O) groups is 4. The van der Waals surface area contributed by atoms with Gasteiger partial charge in [-0.3, -0.25) is 24.2 Å². The first-order valence-electron chi connectivity index (χ1n) is 10.0. The summed E-state index contributed by atoms with van der Waals surface area (Å²) in [6, 6.07) is -4.54. The summed E-state index contributed by atoms with van der Waals surface area (Å²) in [4.78, 5) is 52.2. The molecule has 3 amide bonds. The lowest BCUT2D eigenvalue weighted by molar-refractivity contribution is -0.142. The molecule has 0 fully saturated rings. The Balaban J connectivity index is 5.12. The second-order valence-electron chi connectivity index (χ2n) is 7.19. The number of nitrogens with two attached hydrogens (primary N) is 3. The number of nitrogens with one attached hydrogen (secondary N) is 3. The van der Waals surface area contributed by atoms with Gasteiger partial charge in [0.1, 0.15) is 18.1 Å². The van der Waals surface area contributed by atoms with E-state index in [2.05, 4.69) is 20.9 Å². The highest BCUT2D eigenvalue weighted by atomic mass is 32.2. The summed E-state index contributed by atoms with van der Waals surface area (Å²) in [6.45, 7) is 2.83. The van der Waals surface area contributed by atoms with Gasteiger partial charge in [0.25, 0.3) is 0 Å². The van der Waals surface area contributed by atoms with Crippen LogP contribution in [0.5, 0.6) is 0 Å². The Morgan fingerprint density at radius 3 is 2.12 bits per heavy atom. The lowest BCUT2D eigenvalue weighted by atomic mass is 10.1. The van der Waals surface area contributed by atoms with Gasteiger partial charge in [0, 0.05) is 6.54 Å². The van der Waals surface area contributed by atoms with Gasteiger partial charge in [0.05, 0.1) is 12.1 Å². The average Bonchev–Trinajstić information content (AvgIpc) is 2.70. The summed E-state index contributed by atoms with van der Waals surface area (Å²) in [5.74, 6) is -2.94. The highest BCUT2D eigenvalue weighted by Crippen LogP contribution is 2.05. The maximum absolute atomic E-state index is 12.8. The Hall–Kier alpha value is -2.58. The van der Waals surface area contributed by atoms with Gasteiger partial charge < -0.3 is 43.4 Å². The number of hydrogen-bond donors (Lipinski definition) is 8. The zero-order valence-electron chi connectivity index (χ0n) is 18.5. The molecule has 0 aromatic rings. The molecule has 0 aliphatic heterocycles. The fraction of sp³-hybridized carbons (Fsp3) is 0.722. The zero-order chi connectivity index (χ0) is 24.8. The van der Waals surface area contributed by atoms with Gasteiger partial charge in [-0.25, -0.2) is 0 Å². The van der Waals surface area contributed by atoms with Crippen LogP contribution >= 0.6 is 11.8 Å². The highest BCUT2D eigenvalue weighted by Gasteiger charge is 2.31. The standard InChI is InChI=1S/C18H35N7O6S/c1-9(17(30)31)23-16(29)13(10(2)26)25-15(28)12(6-8-32-3)24-14(27)11(19)5-4-7-22-18(20)21/h9-13,26H,4-8,19H2,1-3H3,(H,23,29)(H,24,27)(H,25,28)(H,30,31)(H4,20,21,22). The molecule has 11 N–H and O–H groups in total. The van der Waals surface area contributed by atoms with Crippen LogP contribution < -0.4 is 33.2 Å². The van der Waals surface area contributed by atoms with Crippen LogP contribution in [0.1, 0.15) is 33.1 Å². The number of hydrogen-bond acceptors (Lipinski definition) is 8. The van der Waals surface area contributed by atoms with E-state index in [0.29, 0.717) is 18.7 Å². The van der Waals surface area contributed by atoms with Crippen LogP contribution in [0, 0.1) is 0 Å². The van der Waals surface area contributed by atoms with Gasteiger partial charge in [-0.1, -0.05) is 0 Å². The molecule has 0 saturated heterocycles. The number of aliphatic hydroxyl groups excluding tert-OH is 1. The predicted molar refractivity (Wildman–Crippen MR) is 122 cm³/mol. The van der Waals surface area contributed by atoms with Crippen molar-refractivity contribution in [2.24, 2.45) is 22.2 Å². The predicted octanol–water partition coefficient (Wildman–Crippen LogP) is -2.94. The van der Waals surface area contributed by atoms with Gasteiger partial charge >= 0.3 is 5.97 Å². The molecule has 5 atom stereocenters. The first-order chi connectivity index (χ1) is 14.9. The van der Waals surface area contributed by atoms with Crippen molar-refractivity contribution in [3.05, 3.63) is 0 Å². The molecule has 0 heterocycles. The fourth-order valence-electron chi connectivity index (χ4n) is 2.46. The minimum absolute atomic E-state index is 0.0636. The molecule has 0 saturated carbocycles. The largest absolute Gasteiger partial charge is 0.480 e. The number of guanidine groups is 1. The summed E-state index contributed by atoms with van der Waals surface area (Å²) in [6.07, 6.45) is 1.51. The molecule has 0 aliphatic rings. The Kier molecular flexibility index (Phi) is 14.0. The smallest absolute Gasteiger partial charge is 0.325 e. The highest BCUT2D eigenvalue weighted by molar-refractivity contribution is 7.98. The second kappa shape index (κ2) is 15.3. The minimum atomic E-state index is -1.41. The van der Waals surface area contributed by atoms with Crippen LogP contribution in [0.25, 0.3) is 0 Å². The van der Waals surface area contributed by atoms with E-state index in [-0.39, 0.29) is 18.8 Å². The number of carbonyl (C=O) groups excluding carboxylic acids is 3. The summed E-state index contributed by atoms with van der Waals surface area (Å²) >= 11 is 1.45. The summed E-state index contributed by atoms with van der Waals surface area (Å²) in [5, 5.41) is 26.0. The van der Waals surface area contributed by atoms with Gasteiger partial charge in [-0.15, -0.1) is 0 Å². The van der Waals surface area contributed by atoms with Crippen LogP contribution in [0.4, 0.5) is 0 Å². The third-order valence-corrected chi connectivity index (χ3v) is 4.98. The molecule has 5 unspecified atom stereocenters. The molecular formula is C18H35N7O6S. The number of rotatable bonds is 15. The Morgan fingerprint density at radius 2 is 1.62 bits per heavy atom. The number of carboxylic acid groups (broad SMARTS) is 1. The van der Waals surface area contributed by atoms with Crippen LogP contribution in [0.3, 0.4) is 0 Å². The number of nitrogens with zero attached hydrogens (tertiary/aromatic N) is 1. The SMILES string of the molecule is CSCCC(NC(=O)C(N)CCCN=C(N)N)C(=O)NC(C(=O)NC(C)C(=O)O)C(C)O. The third-order valence-electron chi connectivity index (χ3n) is 4.34. The minimum Gasteiger partial charge on any atom is -0.480 e. The summed E-state index contributed by atoms with van der Waals surface area (Å²) < 4.78 is 0. The molecular weight excluding hydrogens is 442 g/mol. The molecule has 0 radical (unpaired) electrons. The van der Waals surface area contributed by atoms with E-state index in [9.17, 15) is 24.3 Å². The maximum Gasteiger partial charge on any atom is 0.325 e. The van der Waals surface area contributed by atoms with Crippen molar-refractivity contribution in [1.82, 2.24) is 16.0 Å². The van der Waals surface area contributed by atoms with Gasteiger partial charge in [0.15, 0.2) is 5.96 Å². The third kappa shape index (κ3) is 11.7. The van der Waals surface area contributed by atoms with Crippen molar-refractivity contribution in [3.8, 4) is 0 Å². The molecule has 184 valence electrons. The Bertz CT molecular complexity index is 672. The Morgan fingerprint density at radius 1 is 1.00 bits per heavy atom. The number of aliphatic imine (C=N–C) groups is 1. The van der Waals surface area contributed by atoms with Crippen LogP contribution in [-0.2, 0) is 19.2 Å². The monoisotopic (exact) mass is 477 g/mol. The van der Waals surface area contributed by atoms with E-state index in [0.717, 1.165) is 0 Å². The van der Waals surface area contributed by atoms with Crippen molar-refractivity contribution in [2.45, 2.75) is 63.4 Å². The van der Waals surface area contributed by atoms with Crippen LogP contribution in [0.15, 0.2) is 4.99 Å². The maximum atomic E-state index is 12.8. The van der Waals surface area contributed by atoms with E-state index in [4.69, 9.17) is 22.3 Å². The molecule has 0 spiro atoms. The number of carboxylic acids is 1. The van der Waals surface area contributed by atoms with E-state index in [1.807, 2.05) is 6.26 Å². The normalized spacial score (nSPS) is 15.4. The topological polar surface area (TPSA) is 235 Å². The first-order valence-corrected chi connectivity index (χ1v) is 11.4. The van der Waals surface area contributed by atoms with Gasteiger partial charge in [0.2, 0.25) is 17.7 Å². The number of aliphatic carboxylic acids is 1. The molecule has 0 bridgehead atoms. The van der Waals surface area contributed by atoms with E-state index < -0.39 is 54.0 Å². The van der Waals surface area contributed by atoms with Gasteiger partial charge in [-0.05, 0) is 45.1 Å². The van der Waals surface area contributed by atoms with Crippen molar-refractivity contribution in [2.75, 3.05) is 18.6 Å².